The van der Waals surface area contributed by atoms with Gasteiger partial charge in [0, 0.05) is 11.1 Å². The molecule has 0 amide bonds. The van der Waals surface area contributed by atoms with Crippen molar-refractivity contribution in [3.63, 3.8) is 0 Å². The van der Waals surface area contributed by atoms with Crippen molar-refractivity contribution in [1.29, 1.82) is 0 Å². The molecular weight excluding hydrogens is 315 g/mol. The Morgan fingerprint density at radius 2 is 1.23 bits per heavy atom. The smallest absolute Gasteiger partial charge is 0.343 e. The molecule has 0 saturated heterocycles. The van der Waals surface area contributed by atoms with Crippen molar-refractivity contribution in [3.8, 4) is 24.7 Å². The summed E-state index contributed by atoms with van der Waals surface area (Å²) < 4.78 is 0. The molecule has 0 spiro atoms. The summed E-state index contributed by atoms with van der Waals surface area (Å²) in [6.07, 6.45) is 18.1. The predicted molar refractivity (Wildman–Crippen MR) is 115 cm³/mol. The van der Waals surface area contributed by atoms with Crippen LogP contribution in [0.25, 0.3) is 24.3 Å². The fourth-order valence-electron chi connectivity index (χ4n) is 2.63. The largest absolute Gasteiger partial charge is 0.443 e. The molecule has 0 radical (unpaired) electrons. The van der Waals surface area contributed by atoms with Crippen LogP contribution in [0.3, 0.4) is 0 Å². The first-order valence-corrected chi connectivity index (χ1v) is 8.13. The van der Waals surface area contributed by atoms with Crippen LogP contribution >= 0.6 is 0 Å². The maximum atomic E-state index is 10.2. The van der Waals surface area contributed by atoms with E-state index < -0.39 is 6.92 Å². The Morgan fingerprint density at radius 1 is 0.808 bits per heavy atom. The molecule has 0 saturated carbocycles. The molecular formula is C24H19BO. The van der Waals surface area contributed by atoms with Crippen LogP contribution < -0.4 is 0 Å². The van der Waals surface area contributed by atoms with Crippen molar-refractivity contribution in [2.45, 2.75) is 0 Å². The minimum Gasteiger partial charge on any atom is -0.443 e. The highest BCUT2D eigenvalue weighted by atomic mass is 16.2. The number of hydrogen-bond donors (Lipinski definition) is 1. The number of hydrogen-bond acceptors (Lipinski definition) is 1. The lowest BCUT2D eigenvalue weighted by atomic mass is 9.67. The van der Waals surface area contributed by atoms with Crippen molar-refractivity contribution in [2.24, 2.45) is 0 Å². The zero-order valence-corrected chi connectivity index (χ0v) is 14.5. The van der Waals surface area contributed by atoms with Crippen LogP contribution in [0.2, 0.25) is 0 Å². The van der Waals surface area contributed by atoms with E-state index in [1.54, 1.807) is 24.1 Å². The molecule has 0 heterocycles. The van der Waals surface area contributed by atoms with E-state index in [2.05, 4.69) is 25.0 Å². The second-order valence-electron chi connectivity index (χ2n) is 5.52. The zero-order chi connectivity index (χ0) is 18.9. The van der Waals surface area contributed by atoms with E-state index in [1.165, 1.54) is 0 Å². The van der Waals surface area contributed by atoms with E-state index in [9.17, 15) is 5.02 Å². The van der Waals surface area contributed by atoms with Crippen LogP contribution in [-0.4, -0.2) is 11.9 Å². The zero-order valence-electron chi connectivity index (χ0n) is 14.5. The number of benzene rings is 2. The molecule has 0 aliphatic carbocycles. The maximum Gasteiger partial charge on any atom is 0.343 e. The average molecular weight is 334 g/mol. The van der Waals surface area contributed by atoms with Gasteiger partial charge < -0.3 is 5.02 Å². The summed E-state index contributed by atoms with van der Waals surface area (Å²) in [4.78, 5) is 0. The Morgan fingerprint density at radius 3 is 1.58 bits per heavy atom. The first-order chi connectivity index (χ1) is 12.6. The van der Waals surface area contributed by atoms with Gasteiger partial charge in [-0.2, -0.15) is 0 Å². The summed E-state index contributed by atoms with van der Waals surface area (Å²) in [6.45, 7) is 6.86. The number of rotatable bonds is 6. The van der Waals surface area contributed by atoms with Crippen molar-refractivity contribution < 1.29 is 5.02 Å². The average Bonchev–Trinajstić information content (AvgIpc) is 2.69. The molecule has 0 atom stereocenters. The fraction of sp³-hybridized carbons (Fsp3) is 0. The third kappa shape index (κ3) is 4.34. The van der Waals surface area contributed by atoms with Gasteiger partial charge in [0.15, 0.2) is 0 Å². The Hall–Kier alpha value is -3.46. The second kappa shape index (κ2) is 9.14. The standard InChI is InChI=1S/C24H19BO/c1-5-19-11-9-13-21(23(19)7-3)15-17-25(26)18-16-22-14-10-12-20(6-2)24(22)8-4/h1-2,7-18,26H,3-4H2. The van der Waals surface area contributed by atoms with Gasteiger partial charge in [0.1, 0.15) is 0 Å². The highest BCUT2D eigenvalue weighted by molar-refractivity contribution is 6.63. The lowest BCUT2D eigenvalue weighted by Gasteiger charge is -2.05. The van der Waals surface area contributed by atoms with Gasteiger partial charge in [-0.3, -0.25) is 0 Å². The Labute approximate surface area is 156 Å². The highest BCUT2D eigenvalue weighted by Crippen LogP contribution is 2.19. The van der Waals surface area contributed by atoms with Gasteiger partial charge in [0.25, 0.3) is 0 Å². The molecule has 0 aliphatic heterocycles. The molecule has 2 heteroatoms. The Balaban J connectivity index is 2.24. The summed E-state index contributed by atoms with van der Waals surface area (Å²) in [5.41, 5.74) is 5.10. The summed E-state index contributed by atoms with van der Waals surface area (Å²) in [6, 6.07) is 11.3. The number of terminal acetylenes is 2. The van der Waals surface area contributed by atoms with E-state index in [-0.39, 0.29) is 0 Å². The molecule has 0 unspecified atom stereocenters. The molecule has 0 bridgehead atoms. The van der Waals surface area contributed by atoms with Gasteiger partial charge >= 0.3 is 6.92 Å². The SMILES string of the molecule is C#Cc1cccc(C=CB(O)C=Cc2cccc(C#C)c2C=C)c1C=C. The Bertz CT molecular complexity index is 885. The van der Waals surface area contributed by atoms with Crippen LogP contribution in [0, 0.1) is 24.7 Å². The monoisotopic (exact) mass is 334 g/mol. The lowest BCUT2D eigenvalue weighted by Crippen LogP contribution is -2.03. The molecule has 0 aromatic heterocycles. The molecule has 1 N–H and O–H groups in total. The molecule has 124 valence electrons. The van der Waals surface area contributed by atoms with Crippen molar-refractivity contribution in [2.75, 3.05) is 0 Å². The summed E-state index contributed by atoms with van der Waals surface area (Å²) in [5, 5.41) is 10.2. The second-order valence-corrected chi connectivity index (χ2v) is 5.52. The van der Waals surface area contributed by atoms with Crippen LogP contribution in [0.5, 0.6) is 0 Å². The molecule has 26 heavy (non-hydrogen) atoms. The quantitative estimate of drug-likeness (QED) is 0.598. The van der Waals surface area contributed by atoms with Gasteiger partial charge in [-0.05, 0) is 34.4 Å². The third-order valence-corrected chi connectivity index (χ3v) is 3.94. The van der Waals surface area contributed by atoms with E-state index in [0.717, 1.165) is 33.4 Å². The highest BCUT2D eigenvalue weighted by Gasteiger charge is 2.05. The van der Waals surface area contributed by atoms with E-state index in [4.69, 9.17) is 12.8 Å². The first kappa shape index (κ1) is 18.9. The van der Waals surface area contributed by atoms with Gasteiger partial charge in [0.2, 0.25) is 0 Å². The van der Waals surface area contributed by atoms with Crippen molar-refractivity contribution in [3.05, 3.63) is 94.9 Å². The minimum atomic E-state index is -0.755. The molecule has 1 nitrogen and oxygen atoms in total. The topological polar surface area (TPSA) is 20.2 Å². The normalized spacial score (nSPS) is 10.4. The third-order valence-electron chi connectivity index (χ3n) is 3.94. The van der Waals surface area contributed by atoms with E-state index in [0.29, 0.717) is 0 Å². The minimum absolute atomic E-state index is 0.755. The van der Waals surface area contributed by atoms with Crippen molar-refractivity contribution in [1.82, 2.24) is 0 Å². The Kier molecular flexibility index (Phi) is 6.64. The molecule has 0 fully saturated rings. The lowest BCUT2D eigenvalue weighted by molar-refractivity contribution is 0.598. The van der Waals surface area contributed by atoms with Crippen molar-refractivity contribution >= 4 is 31.2 Å². The summed E-state index contributed by atoms with van der Waals surface area (Å²) in [5.74, 6) is 8.66. The van der Waals surface area contributed by atoms with Gasteiger partial charge in [-0.25, -0.2) is 0 Å². The van der Waals surface area contributed by atoms with Gasteiger partial charge in [0.05, 0.1) is 0 Å². The van der Waals surface area contributed by atoms with E-state index in [1.807, 2.05) is 48.6 Å². The fourth-order valence-corrected chi connectivity index (χ4v) is 2.63. The van der Waals surface area contributed by atoms with Crippen LogP contribution in [0.4, 0.5) is 0 Å². The van der Waals surface area contributed by atoms with Crippen LogP contribution in [0.15, 0.2) is 61.5 Å². The molecule has 2 aromatic rings. The molecule has 2 aromatic carbocycles. The first-order valence-electron chi connectivity index (χ1n) is 8.13. The van der Waals surface area contributed by atoms with Crippen LogP contribution in [-0.2, 0) is 0 Å². The predicted octanol–water partition coefficient (Wildman–Crippen LogP) is 4.72. The van der Waals surface area contributed by atoms with Gasteiger partial charge in [-0.1, -0.05) is 85.5 Å². The molecule has 2 rings (SSSR count). The van der Waals surface area contributed by atoms with Gasteiger partial charge in [-0.15, -0.1) is 12.8 Å². The summed E-state index contributed by atoms with van der Waals surface area (Å²) in [7, 11) is 0. The molecule has 0 aliphatic rings. The van der Waals surface area contributed by atoms with E-state index >= 15 is 0 Å². The van der Waals surface area contributed by atoms with Crippen LogP contribution in [0.1, 0.15) is 33.4 Å². The maximum absolute atomic E-state index is 10.2. The summed E-state index contributed by atoms with van der Waals surface area (Å²) >= 11 is 0.